The molecule has 0 saturated heterocycles. The number of carbonyl (C=O) groups excluding carboxylic acids is 1. The fourth-order valence-corrected chi connectivity index (χ4v) is 3.18. The molecule has 132 valence electrons. The SMILES string of the molecule is Cc1cccc(-n2nnnc2SCC(=O)Nc2ccc3c(c2)OCO3)c1. The molecule has 1 aliphatic heterocycles. The lowest BCUT2D eigenvalue weighted by atomic mass is 10.2. The van der Waals surface area contributed by atoms with Gasteiger partial charge in [0.25, 0.3) is 0 Å². The third-order valence-corrected chi connectivity index (χ3v) is 4.60. The van der Waals surface area contributed by atoms with Crippen molar-refractivity contribution in [3.8, 4) is 17.2 Å². The molecule has 0 aliphatic carbocycles. The van der Waals surface area contributed by atoms with Crippen molar-refractivity contribution < 1.29 is 14.3 Å². The van der Waals surface area contributed by atoms with Crippen molar-refractivity contribution in [3.05, 3.63) is 48.0 Å². The number of carbonyl (C=O) groups is 1. The average Bonchev–Trinajstić information content (AvgIpc) is 3.28. The second-order valence-corrected chi connectivity index (χ2v) is 6.56. The van der Waals surface area contributed by atoms with Crippen molar-refractivity contribution in [3.63, 3.8) is 0 Å². The van der Waals surface area contributed by atoms with Crippen LogP contribution in [0.3, 0.4) is 0 Å². The van der Waals surface area contributed by atoms with Gasteiger partial charge in [0.05, 0.1) is 11.4 Å². The quantitative estimate of drug-likeness (QED) is 0.691. The first-order chi connectivity index (χ1) is 12.7. The van der Waals surface area contributed by atoms with Gasteiger partial charge in [-0.3, -0.25) is 4.79 Å². The van der Waals surface area contributed by atoms with Crippen LogP contribution in [0.2, 0.25) is 0 Å². The van der Waals surface area contributed by atoms with Crippen molar-refractivity contribution in [1.29, 1.82) is 0 Å². The summed E-state index contributed by atoms with van der Waals surface area (Å²) in [5, 5.41) is 15.1. The van der Waals surface area contributed by atoms with Gasteiger partial charge in [-0.15, -0.1) is 5.10 Å². The smallest absolute Gasteiger partial charge is 0.234 e. The highest BCUT2D eigenvalue weighted by Crippen LogP contribution is 2.34. The Morgan fingerprint density at radius 3 is 3.00 bits per heavy atom. The van der Waals surface area contributed by atoms with E-state index in [4.69, 9.17) is 9.47 Å². The summed E-state index contributed by atoms with van der Waals surface area (Å²) in [7, 11) is 0. The van der Waals surface area contributed by atoms with Crippen LogP contribution in [0.4, 0.5) is 5.69 Å². The minimum Gasteiger partial charge on any atom is -0.454 e. The van der Waals surface area contributed by atoms with Gasteiger partial charge in [-0.05, 0) is 47.2 Å². The number of tetrazole rings is 1. The van der Waals surface area contributed by atoms with E-state index in [1.165, 1.54) is 11.8 Å². The fourth-order valence-electron chi connectivity index (χ4n) is 2.49. The molecule has 0 spiro atoms. The second-order valence-electron chi connectivity index (χ2n) is 5.62. The van der Waals surface area contributed by atoms with Crippen molar-refractivity contribution in [2.24, 2.45) is 0 Å². The number of aryl methyl sites for hydroxylation is 1. The van der Waals surface area contributed by atoms with Gasteiger partial charge in [0, 0.05) is 11.8 Å². The van der Waals surface area contributed by atoms with E-state index in [2.05, 4.69) is 20.8 Å². The summed E-state index contributed by atoms with van der Waals surface area (Å²) in [6.07, 6.45) is 0. The topological polar surface area (TPSA) is 91.2 Å². The monoisotopic (exact) mass is 369 g/mol. The number of nitrogens with zero attached hydrogens (tertiary/aromatic N) is 4. The zero-order valence-electron chi connectivity index (χ0n) is 13.9. The van der Waals surface area contributed by atoms with Gasteiger partial charge in [-0.25, -0.2) is 0 Å². The van der Waals surface area contributed by atoms with E-state index in [0.29, 0.717) is 22.3 Å². The third-order valence-electron chi connectivity index (χ3n) is 3.68. The maximum absolute atomic E-state index is 12.2. The highest BCUT2D eigenvalue weighted by Gasteiger charge is 2.15. The Balaban J connectivity index is 1.40. The van der Waals surface area contributed by atoms with E-state index in [1.807, 2.05) is 31.2 Å². The van der Waals surface area contributed by atoms with Crippen LogP contribution in [-0.2, 0) is 4.79 Å². The molecular formula is C17H15N5O3S. The number of nitrogens with one attached hydrogen (secondary N) is 1. The van der Waals surface area contributed by atoms with E-state index in [0.717, 1.165) is 11.3 Å². The Morgan fingerprint density at radius 1 is 1.23 bits per heavy atom. The standard InChI is InChI=1S/C17H15N5O3S/c1-11-3-2-4-13(7-11)22-17(19-20-21-22)26-9-16(23)18-12-5-6-14-15(8-12)25-10-24-14/h2-8H,9-10H2,1H3,(H,18,23). The maximum Gasteiger partial charge on any atom is 0.234 e. The summed E-state index contributed by atoms with van der Waals surface area (Å²) in [5.74, 6) is 1.32. The number of anilines is 1. The first-order valence-electron chi connectivity index (χ1n) is 7.87. The number of fused-ring (bicyclic) bond motifs is 1. The summed E-state index contributed by atoms with van der Waals surface area (Å²) in [6.45, 7) is 2.20. The number of rotatable bonds is 5. The molecule has 1 aliphatic rings. The molecule has 2 heterocycles. The predicted octanol–water partition coefficient (Wildman–Crippen LogP) is 2.43. The molecule has 26 heavy (non-hydrogen) atoms. The van der Waals surface area contributed by atoms with Crippen LogP contribution in [0.25, 0.3) is 5.69 Å². The maximum atomic E-state index is 12.2. The fraction of sp³-hybridized carbons (Fsp3) is 0.176. The molecule has 0 saturated carbocycles. The molecule has 2 aromatic carbocycles. The minimum absolute atomic E-state index is 0.160. The van der Waals surface area contributed by atoms with Gasteiger partial charge in [0.2, 0.25) is 17.9 Å². The van der Waals surface area contributed by atoms with Crippen LogP contribution >= 0.6 is 11.8 Å². The van der Waals surface area contributed by atoms with Crippen LogP contribution in [-0.4, -0.2) is 38.7 Å². The van der Waals surface area contributed by atoms with Gasteiger partial charge in [-0.2, -0.15) is 4.68 Å². The Kier molecular flexibility index (Phi) is 4.44. The molecule has 1 aromatic heterocycles. The van der Waals surface area contributed by atoms with Gasteiger partial charge in [0.15, 0.2) is 11.5 Å². The van der Waals surface area contributed by atoms with Crippen LogP contribution in [0.5, 0.6) is 11.5 Å². The summed E-state index contributed by atoms with van der Waals surface area (Å²) in [6, 6.07) is 13.1. The lowest BCUT2D eigenvalue weighted by Gasteiger charge is -2.07. The van der Waals surface area contributed by atoms with Gasteiger partial charge < -0.3 is 14.8 Å². The molecule has 0 atom stereocenters. The highest BCUT2D eigenvalue weighted by molar-refractivity contribution is 7.99. The molecule has 0 bridgehead atoms. The van der Waals surface area contributed by atoms with Crippen LogP contribution < -0.4 is 14.8 Å². The molecule has 0 fully saturated rings. The van der Waals surface area contributed by atoms with Crippen molar-refractivity contribution >= 4 is 23.4 Å². The Morgan fingerprint density at radius 2 is 2.12 bits per heavy atom. The van der Waals surface area contributed by atoms with E-state index < -0.39 is 0 Å². The lowest BCUT2D eigenvalue weighted by molar-refractivity contribution is -0.113. The lowest BCUT2D eigenvalue weighted by Crippen LogP contribution is -2.14. The van der Waals surface area contributed by atoms with Crippen LogP contribution in [0, 0.1) is 6.92 Å². The molecule has 9 heteroatoms. The highest BCUT2D eigenvalue weighted by atomic mass is 32.2. The van der Waals surface area contributed by atoms with Crippen LogP contribution in [0.15, 0.2) is 47.6 Å². The van der Waals surface area contributed by atoms with E-state index in [1.54, 1.807) is 22.9 Å². The average molecular weight is 369 g/mol. The molecular weight excluding hydrogens is 354 g/mol. The Hall–Kier alpha value is -3.07. The summed E-state index contributed by atoms with van der Waals surface area (Å²) in [4.78, 5) is 12.2. The Bertz CT molecular complexity index is 959. The number of benzene rings is 2. The van der Waals surface area contributed by atoms with Crippen molar-refractivity contribution in [1.82, 2.24) is 20.2 Å². The predicted molar refractivity (Wildman–Crippen MR) is 95.8 cm³/mol. The number of amides is 1. The number of ether oxygens (including phenoxy) is 2. The van der Waals surface area contributed by atoms with Crippen molar-refractivity contribution in [2.45, 2.75) is 12.1 Å². The van der Waals surface area contributed by atoms with Crippen LogP contribution in [0.1, 0.15) is 5.56 Å². The number of hydrogen-bond donors (Lipinski definition) is 1. The molecule has 1 amide bonds. The summed E-state index contributed by atoms with van der Waals surface area (Å²) in [5.41, 5.74) is 2.61. The zero-order chi connectivity index (χ0) is 17.9. The van der Waals surface area contributed by atoms with Gasteiger partial charge >= 0.3 is 0 Å². The van der Waals surface area contributed by atoms with Gasteiger partial charge in [-0.1, -0.05) is 23.9 Å². The summed E-state index contributed by atoms with van der Waals surface area (Å²) >= 11 is 1.27. The number of hydrogen-bond acceptors (Lipinski definition) is 7. The third kappa shape index (κ3) is 3.47. The molecule has 0 radical (unpaired) electrons. The molecule has 4 rings (SSSR count). The first-order valence-corrected chi connectivity index (χ1v) is 8.85. The number of aromatic nitrogens is 4. The van der Waals surface area contributed by atoms with Gasteiger partial charge in [0.1, 0.15) is 0 Å². The minimum atomic E-state index is -0.160. The van der Waals surface area contributed by atoms with Crippen molar-refractivity contribution in [2.75, 3.05) is 17.9 Å². The summed E-state index contributed by atoms with van der Waals surface area (Å²) < 4.78 is 12.2. The molecule has 3 aromatic rings. The molecule has 8 nitrogen and oxygen atoms in total. The second kappa shape index (κ2) is 7.04. The zero-order valence-corrected chi connectivity index (χ0v) is 14.7. The normalized spacial score (nSPS) is 12.2. The van der Waals surface area contributed by atoms with E-state index in [9.17, 15) is 4.79 Å². The molecule has 1 N–H and O–H groups in total. The largest absolute Gasteiger partial charge is 0.454 e. The van der Waals surface area contributed by atoms with E-state index in [-0.39, 0.29) is 18.5 Å². The van der Waals surface area contributed by atoms with E-state index >= 15 is 0 Å². The first kappa shape index (κ1) is 16.4. The number of thioether (sulfide) groups is 1. The Labute approximate surface area is 153 Å². The molecule has 0 unspecified atom stereocenters.